The molecule has 1 heterocycles. The number of likely N-dealkylation sites (tertiary alicyclic amines) is 1. The van der Waals surface area contributed by atoms with Crippen molar-refractivity contribution in [1.29, 1.82) is 0 Å². The van der Waals surface area contributed by atoms with E-state index in [-0.39, 0.29) is 17.4 Å². The summed E-state index contributed by atoms with van der Waals surface area (Å²) in [5.41, 5.74) is 1.74. The molecular weight excluding hydrogens is 464 g/mol. The highest BCUT2D eigenvalue weighted by molar-refractivity contribution is 7.85. The van der Waals surface area contributed by atoms with Gasteiger partial charge in [0.15, 0.2) is 0 Å². The maximum absolute atomic E-state index is 13.2. The highest BCUT2D eigenvalue weighted by Crippen LogP contribution is 2.29. The first-order chi connectivity index (χ1) is 15.5. The van der Waals surface area contributed by atoms with E-state index in [1.807, 2.05) is 38.1 Å². The molecule has 1 fully saturated rings. The summed E-state index contributed by atoms with van der Waals surface area (Å²) in [6.45, 7) is 4.96. The van der Waals surface area contributed by atoms with Gasteiger partial charge in [0.2, 0.25) is 5.91 Å². The third kappa shape index (κ3) is 7.03. The van der Waals surface area contributed by atoms with Gasteiger partial charge in [-0.3, -0.25) is 14.1 Å². The van der Waals surface area contributed by atoms with Gasteiger partial charge < -0.3 is 10.2 Å². The molecule has 0 aliphatic carbocycles. The van der Waals surface area contributed by atoms with E-state index in [0.717, 1.165) is 12.8 Å². The number of carbonyl (C=O) groups is 2. The van der Waals surface area contributed by atoms with Gasteiger partial charge in [0.25, 0.3) is 16.0 Å². The Labute approximate surface area is 199 Å². The topological polar surface area (TPSA) is 104 Å². The fraction of sp³-hybridized carbons (Fsp3) is 0.417. The van der Waals surface area contributed by atoms with Crippen LogP contribution in [0.1, 0.15) is 54.1 Å². The van der Waals surface area contributed by atoms with Crippen molar-refractivity contribution in [2.45, 2.75) is 44.4 Å². The zero-order valence-corrected chi connectivity index (χ0v) is 20.3. The summed E-state index contributed by atoms with van der Waals surface area (Å²) in [5.74, 6) is -0.930. The van der Waals surface area contributed by atoms with Crippen molar-refractivity contribution in [2.24, 2.45) is 5.92 Å². The van der Waals surface area contributed by atoms with Crippen LogP contribution in [0.25, 0.3) is 0 Å². The largest absolute Gasteiger partial charge is 0.341 e. The van der Waals surface area contributed by atoms with Gasteiger partial charge in [-0.15, -0.1) is 0 Å². The van der Waals surface area contributed by atoms with Crippen LogP contribution in [0.2, 0.25) is 5.02 Å². The average molecular weight is 493 g/mol. The quantitative estimate of drug-likeness (QED) is 0.571. The third-order valence-corrected chi connectivity index (χ3v) is 6.86. The fourth-order valence-corrected chi connectivity index (χ4v) is 4.84. The lowest BCUT2D eigenvalue weighted by atomic mass is 9.89. The van der Waals surface area contributed by atoms with Crippen LogP contribution in [0.5, 0.6) is 0 Å². The van der Waals surface area contributed by atoms with E-state index in [4.69, 9.17) is 16.2 Å². The van der Waals surface area contributed by atoms with Gasteiger partial charge in [-0.05, 0) is 60.1 Å². The van der Waals surface area contributed by atoms with Gasteiger partial charge in [0.05, 0.1) is 0 Å². The molecule has 33 heavy (non-hydrogen) atoms. The van der Waals surface area contributed by atoms with Crippen molar-refractivity contribution < 1.29 is 22.6 Å². The van der Waals surface area contributed by atoms with Crippen LogP contribution in [0.3, 0.4) is 0 Å². The van der Waals surface area contributed by atoms with Gasteiger partial charge in [-0.2, -0.15) is 8.42 Å². The van der Waals surface area contributed by atoms with Crippen LogP contribution in [0, 0.1) is 5.92 Å². The van der Waals surface area contributed by atoms with Crippen molar-refractivity contribution in [3.63, 3.8) is 0 Å². The van der Waals surface area contributed by atoms with E-state index >= 15 is 0 Å². The van der Waals surface area contributed by atoms with Gasteiger partial charge >= 0.3 is 0 Å². The Morgan fingerprint density at radius 3 is 2.33 bits per heavy atom. The molecule has 2 amide bonds. The van der Waals surface area contributed by atoms with Crippen LogP contribution in [-0.4, -0.2) is 48.8 Å². The standard InChI is InChI=1S/C24H29ClN2O5S/c1-16(2)22(26-23(28)20-5-3-4-17(14-20)15-33(30,31)32)24(29)27-12-10-19(11-13-27)18-6-8-21(25)9-7-18/h3-9,14,16,19,22H,10-13,15H2,1-2H3,(H,26,28)(H,30,31,32). The normalized spacial score (nSPS) is 16.0. The van der Waals surface area contributed by atoms with Gasteiger partial charge in [0.1, 0.15) is 11.8 Å². The second-order valence-electron chi connectivity index (χ2n) is 8.77. The molecule has 0 aromatic heterocycles. The lowest BCUT2D eigenvalue weighted by Gasteiger charge is -2.35. The average Bonchev–Trinajstić information content (AvgIpc) is 2.76. The number of rotatable bonds is 7. The zero-order chi connectivity index (χ0) is 24.2. The summed E-state index contributed by atoms with van der Waals surface area (Å²) in [5, 5.41) is 3.51. The van der Waals surface area contributed by atoms with Gasteiger partial charge in [-0.25, -0.2) is 0 Å². The monoisotopic (exact) mass is 492 g/mol. The molecule has 0 radical (unpaired) electrons. The summed E-state index contributed by atoms with van der Waals surface area (Å²) in [6, 6.07) is 13.1. The van der Waals surface area contributed by atoms with E-state index in [1.54, 1.807) is 17.0 Å². The Morgan fingerprint density at radius 2 is 1.76 bits per heavy atom. The SMILES string of the molecule is CC(C)C(NC(=O)c1cccc(CS(=O)(=O)O)c1)C(=O)N1CCC(c2ccc(Cl)cc2)CC1. The molecular formula is C24H29ClN2O5S. The van der Waals surface area contributed by atoms with Crippen LogP contribution in [0.4, 0.5) is 0 Å². The Bertz CT molecular complexity index is 1090. The van der Waals surface area contributed by atoms with Crippen molar-refractivity contribution in [2.75, 3.05) is 13.1 Å². The number of hydrogen-bond acceptors (Lipinski definition) is 4. The molecule has 1 aliphatic rings. The summed E-state index contributed by atoms with van der Waals surface area (Å²) < 4.78 is 31.3. The molecule has 1 aliphatic heterocycles. The van der Waals surface area contributed by atoms with Gasteiger partial charge in [-0.1, -0.05) is 49.7 Å². The number of piperidine rings is 1. The minimum absolute atomic E-state index is 0.123. The predicted molar refractivity (Wildman–Crippen MR) is 128 cm³/mol. The van der Waals surface area contributed by atoms with E-state index in [0.29, 0.717) is 29.6 Å². The smallest absolute Gasteiger partial charge is 0.269 e. The van der Waals surface area contributed by atoms with Crippen LogP contribution in [-0.2, 0) is 20.7 Å². The van der Waals surface area contributed by atoms with Crippen molar-refractivity contribution in [3.8, 4) is 0 Å². The van der Waals surface area contributed by atoms with Crippen LogP contribution < -0.4 is 5.32 Å². The Morgan fingerprint density at radius 1 is 1.12 bits per heavy atom. The first-order valence-corrected chi connectivity index (χ1v) is 12.9. The summed E-state index contributed by atoms with van der Waals surface area (Å²) in [6.07, 6.45) is 1.67. The molecule has 3 rings (SSSR count). The summed E-state index contributed by atoms with van der Waals surface area (Å²) in [4.78, 5) is 27.9. The van der Waals surface area contributed by atoms with E-state index < -0.39 is 27.8 Å². The molecule has 178 valence electrons. The molecule has 2 N–H and O–H groups in total. The zero-order valence-electron chi connectivity index (χ0n) is 18.7. The van der Waals surface area contributed by atoms with Crippen molar-refractivity contribution in [1.82, 2.24) is 10.2 Å². The first-order valence-electron chi connectivity index (χ1n) is 10.9. The molecule has 2 aromatic rings. The predicted octanol–water partition coefficient (Wildman–Crippen LogP) is 3.89. The summed E-state index contributed by atoms with van der Waals surface area (Å²) >= 11 is 5.98. The molecule has 9 heteroatoms. The minimum atomic E-state index is -4.21. The highest BCUT2D eigenvalue weighted by atomic mass is 35.5. The maximum atomic E-state index is 13.2. The lowest BCUT2D eigenvalue weighted by molar-refractivity contribution is -0.135. The van der Waals surface area contributed by atoms with Crippen LogP contribution in [0.15, 0.2) is 48.5 Å². The number of nitrogens with one attached hydrogen (secondary N) is 1. The lowest BCUT2D eigenvalue weighted by Crippen LogP contribution is -2.52. The molecule has 1 atom stereocenters. The second-order valence-corrected chi connectivity index (χ2v) is 10.7. The van der Waals surface area contributed by atoms with Crippen molar-refractivity contribution in [3.05, 3.63) is 70.2 Å². The molecule has 1 unspecified atom stereocenters. The third-order valence-electron chi connectivity index (χ3n) is 5.91. The second kappa shape index (κ2) is 10.7. The summed E-state index contributed by atoms with van der Waals surface area (Å²) in [7, 11) is -4.21. The Balaban J connectivity index is 1.64. The van der Waals surface area contributed by atoms with Crippen LogP contribution >= 0.6 is 11.6 Å². The minimum Gasteiger partial charge on any atom is -0.341 e. The molecule has 7 nitrogen and oxygen atoms in total. The Hall–Kier alpha value is -2.42. The van der Waals surface area contributed by atoms with E-state index in [1.165, 1.54) is 17.7 Å². The number of hydrogen-bond donors (Lipinski definition) is 2. The fourth-order valence-electron chi connectivity index (χ4n) is 4.12. The van der Waals surface area contributed by atoms with Crippen molar-refractivity contribution >= 4 is 33.5 Å². The number of amides is 2. The molecule has 0 spiro atoms. The number of carbonyl (C=O) groups excluding carboxylic acids is 2. The highest BCUT2D eigenvalue weighted by Gasteiger charge is 2.31. The van der Waals surface area contributed by atoms with E-state index in [9.17, 15) is 18.0 Å². The number of benzene rings is 2. The Kier molecular flexibility index (Phi) is 8.15. The molecule has 1 saturated heterocycles. The number of halogens is 1. The molecule has 0 bridgehead atoms. The molecule has 0 saturated carbocycles. The number of nitrogens with zero attached hydrogens (tertiary/aromatic N) is 1. The first kappa shape index (κ1) is 25.2. The van der Waals surface area contributed by atoms with Gasteiger partial charge in [0, 0.05) is 23.7 Å². The molecule has 2 aromatic carbocycles. The maximum Gasteiger partial charge on any atom is 0.269 e. The van der Waals surface area contributed by atoms with E-state index in [2.05, 4.69) is 5.32 Å².